The molecule has 1 aliphatic heterocycles. The minimum Gasteiger partial charge on any atom is -0.481 e. The third-order valence-corrected chi connectivity index (χ3v) is 6.95. The van der Waals surface area contributed by atoms with Crippen LogP contribution in [0.3, 0.4) is 0 Å². The monoisotopic (exact) mass is 456 g/mol. The molecule has 1 fully saturated rings. The molecule has 2 N–H and O–H groups in total. The van der Waals surface area contributed by atoms with Crippen molar-refractivity contribution in [2.75, 3.05) is 11.9 Å². The summed E-state index contributed by atoms with van der Waals surface area (Å²) in [5.74, 6) is -0.190. The Kier molecular flexibility index (Phi) is 6.25. The SMILES string of the molecule is O=C(O)C1CCC(Nc2ncnc3c2CN(C(=O)c2ccc(-c4ccccc4)cc2)CC3)CC1. The molecule has 0 atom stereocenters. The Balaban J connectivity index is 1.28. The van der Waals surface area contributed by atoms with Gasteiger partial charge >= 0.3 is 5.97 Å². The standard InChI is InChI=1S/C27H28N4O3/c32-26(20-8-6-19(7-9-20)18-4-2-1-3-5-18)31-15-14-24-23(16-31)25(29-17-28-24)30-22-12-10-21(11-13-22)27(33)34/h1-9,17,21-22H,10-16H2,(H,33,34)(H,28,29,30). The van der Waals surface area contributed by atoms with Crippen molar-refractivity contribution < 1.29 is 14.7 Å². The predicted molar refractivity (Wildman–Crippen MR) is 129 cm³/mol. The number of carboxylic acid groups (broad SMARTS) is 1. The van der Waals surface area contributed by atoms with Crippen LogP contribution in [0.25, 0.3) is 11.1 Å². The molecular weight excluding hydrogens is 428 g/mol. The van der Waals surface area contributed by atoms with Gasteiger partial charge in [-0.1, -0.05) is 42.5 Å². The lowest BCUT2D eigenvalue weighted by Crippen LogP contribution is -2.37. The number of carboxylic acids is 1. The molecule has 7 heteroatoms. The summed E-state index contributed by atoms with van der Waals surface area (Å²) >= 11 is 0. The highest BCUT2D eigenvalue weighted by atomic mass is 16.4. The van der Waals surface area contributed by atoms with Crippen molar-refractivity contribution in [2.24, 2.45) is 5.92 Å². The highest BCUT2D eigenvalue weighted by Crippen LogP contribution is 2.30. The quantitative estimate of drug-likeness (QED) is 0.591. The number of benzene rings is 2. The largest absolute Gasteiger partial charge is 0.481 e. The third-order valence-electron chi connectivity index (χ3n) is 6.95. The van der Waals surface area contributed by atoms with Crippen LogP contribution < -0.4 is 5.32 Å². The molecule has 0 spiro atoms. The summed E-state index contributed by atoms with van der Waals surface area (Å²) in [6.07, 6.45) is 5.20. The van der Waals surface area contributed by atoms with Crippen molar-refractivity contribution in [1.29, 1.82) is 0 Å². The fourth-order valence-corrected chi connectivity index (χ4v) is 4.94. The van der Waals surface area contributed by atoms with Crippen LogP contribution in [0.2, 0.25) is 0 Å². The van der Waals surface area contributed by atoms with Crippen molar-refractivity contribution in [3.05, 3.63) is 77.7 Å². The maximum atomic E-state index is 13.3. The first kappa shape index (κ1) is 22.1. The number of hydrogen-bond donors (Lipinski definition) is 2. The summed E-state index contributed by atoms with van der Waals surface area (Å²) in [6, 6.07) is 18.1. The molecule has 7 nitrogen and oxygen atoms in total. The fourth-order valence-electron chi connectivity index (χ4n) is 4.94. The Labute approximate surface area is 198 Å². The van der Waals surface area contributed by atoms with Gasteiger partial charge in [0.15, 0.2) is 0 Å². The van der Waals surface area contributed by atoms with Crippen LogP contribution in [-0.2, 0) is 17.8 Å². The number of carbonyl (C=O) groups is 2. The first-order valence-corrected chi connectivity index (χ1v) is 11.9. The Morgan fingerprint density at radius 3 is 2.32 bits per heavy atom. The summed E-state index contributed by atoms with van der Waals surface area (Å²) in [6.45, 7) is 1.08. The van der Waals surface area contributed by atoms with Crippen LogP contribution in [0, 0.1) is 5.92 Å². The smallest absolute Gasteiger partial charge is 0.306 e. The molecule has 0 bridgehead atoms. The second-order valence-electron chi connectivity index (χ2n) is 9.10. The second-order valence-corrected chi connectivity index (χ2v) is 9.10. The van der Waals surface area contributed by atoms with Gasteiger partial charge in [0.1, 0.15) is 12.1 Å². The van der Waals surface area contributed by atoms with Gasteiger partial charge in [-0.3, -0.25) is 9.59 Å². The number of carbonyl (C=O) groups excluding carboxylic acids is 1. The van der Waals surface area contributed by atoms with Crippen LogP contribution in [-0.4, -0.2) is 44.4 Å². The van der Waals surface area contributed by atoms with Crippen molar-refractivity contribution in [3.63, 3.8) is 0 Å². The molecule has 34 heavy (non-hydrogen) atoms. The van der Waals surface area contributed by atoms with Crippen LogP contribution in [0.5, 0.6) is 0 Å². The number of amides is 1. The highest BCUT2D eigenvalue weighted by molar-refractivity contribution is 5.95. The number of aliphatic carboxylic acids is 1. The summed E-state index contributed by atoms with van der Waals surface area (Å²) < 4.78 is 0. The van der Waals surface area contributed by atoms with Gasteiger partial charge in [0, 0.05) is 30.1 Å². The lowest BCUT2D eigenvalue weighted by Gasteiger charge is -2.32. The molecule has 1 aromatic heterocycles. The van der Waals surface area contributed by atoms with Gasteiger partial charge in [-0.05, 0) is 48.9 Å². The maximum Gasteiger partial charge on any atom is 0.306 e. The van der Waals surface area contributed by atoms with E-state index in [1.807, 2.05) is 47.4 Å². The highest BCUT2D eigenvalue weighted by Gasteiger charge is 2.29. The summed E-state index contributed by atoms with van der Waals surface area (Å²) in [7, 11) is 0. The Morgan fingerprint density at radius 1 is 0.912 bits per heavy atom. The molecular formula is C27H28N4O3. The van der Waals surface area contributed by atoms with Crippen LogP contribution >= 0.6 is 0 Å². The summed E-state index contributed by atoms with van der Waals surface area (Å²) in [5, 5.41) is 12.8. The van der Waals surface area contributed by atoms with Gasteiger partial charge in [0.25, 0.3) is 5.91 Å². The van der Waals surface area contributed by atoms with E-state index < -0.39 is 5.97 Å². The van der Waals surface area contributed by atoms with Gasteiger partial charge in [0.2, 0.25) is 0 Å². The Morgan fingerprint density at radius 2 is 1.62 bits per heavy atom. The molecule has 0 saturated heterocycles. The maximum absolute atomic E-state index is 13.3. The lowest BCUT2D eigenvalue weighted by molar-refractivity contribution is -0.142. The second kappa shape index (κ2) is 9.63. The van der Waals surface area contributed by atoms with Gasteiger partial charge in [-0.15, -0.1) is 0 Å². The van der Waals surface area contributed by atoms with Crippen molar-refractivity contribution in [1.82, 2.24) is 14.9 Å². The van der Waals surface area contributed by atoms with Crippen molar-refractivity contribution >= 4 is 17.7 Å². The van der Waals surface area contributed by atoms with Crippen LogP contribution in [0.4, 0.5) is 5.82 Å². The number of anilines is 1. The van der Waals surface area contributed by atoms with E-state index in [-0.39, 0.29) is 17.9 Å². The fraction of sp³-hybridized carbons (Fsp3) is 0.333. The molecule has 5 rings (SSSR count). The lowest BCUT2D eigenvalue weighted by atomic mass is 9.86. The molecule has 0 radical (unpaired) electrons. The molecule has 1 aliphatic carbocycles. The van der Waals surface area contributed by atoms with Crippen LogP contribution in [0.15, 0.2) is 60.9 Å². The van der Waals surface area contributed by atoms with E-state index in [9.17, 15) is 14.7 Å². The number of fused-ring (bicyclic) bond motifs is 1. The normalized spacial score (nSPS) is 19.8. The van der Waals surface area contributed by atoms with E-state index in [2.05, 4.69) is 27.4 Å². The first-order valence-electron chi connectivity index (χ1n) is 11.9. The summed E-state index contributed by atoms with van der Waals surface area (Å²) in [4.78, 5) is 35.3. The zero-order valence-corrected chi connectivity index (χ0v) is 19.0. The number of rotatable bonds is 5. The van der Waals surface area contributed by atoms with Crippen molar-refractivity contribution in [3.8, 4) is 11.1 Å². The molecule has 2 aromatic carbocycles. The van der Waals surface area contributed by atoms with E-state index in [0.29, 0.717) is 37.9 Å². The van der Waals surface area contributed by atoms with Gasteiger partial charge < -0.3 is 15.3 Å². The van der Waals surface area contributed by atoms with Crippen LogP contribution in [0.1, 0.15) is 47.3 Å². The van der Waals surface area contributed by atoms with Crippen molar-refractivity contribution in [2.45, 2.75) is 44.7 Å². The number of nitrogens with zero attached hydrogens (tertiary/aromatic N) is 3. The average molecular weight is 457 g/mol. The third kappa shape index (κ3) is 4.64. The van der Waals surface area contributed by atoms with E-state index in [4.69, 9.17) is 0 Å². The zero-order valence-electron chi connectivity index (χ0n) is 19.0. The molecule has 2 aliphatic rings. The van der Waals surface area contributed by atoms with Gasteiger partial charge in [-0.25, -0.2) is 9.97 Å². The number of nitrogens with one attached hydrogen (secondary N) is 1. The van der Waals surface area contributed by atoms with E-state index in [1.54, 1.807) is 6.33 Å². The topological polar surface area (TPSA) is 95.4 Å². The average Bonchev–Trinajstić information content (AvgIpc) is 2.89. The summed E-state index contributed by atoms with van der Waals surface area (Å²) in [5.41, 5.74) is 4.81. The first-order chi connectivity index (χ1) is 16.6. The van der Waals surface area contributed by atoms with Gasteiger partial charge in [0.05, 0.1) is 18.2 Å². The minimum atomic E-state index is -0.705. The molecule has 1 amide bonds. The van der Waals surface area contributed by atoms with Gasteiger partial charge in [-0.2, -0.15) is 0 Å². The number of hydrogen-bond acceptors (Lipinski definition) is 5. The Hall–Kier alpha value is -3.74. The minimum absolute atomic E-state index is 0.00188. The van der Waals surface area contributed by atoms with E-state index in [1.165, 1.54) is 0 Å². The molecule has 0 unspecified atom stereocenters. The molecule has 174 valence electrons. The van der Waals surface area contributed by atoms with E-state index in [0.717, 1.165) is 41.0 Å². The molecule has 1 saturated carbocycles. The zero-order chi connectivity index (χ0) is 23.5. The Bertz CT molecular complexity index is 1170. The number of aromatic nitrogens is 2. The predicted octanol–water partition coefficient (Wildman–Crippen LogP) is 4.40. The van der Waals surface area contributed by atoms with E-state index >= 15 is 0 Å². The molecule has 3 aromatic rings. The molecule has 2 heterocycles.